The van der Waals surface area contributed by atoms with E-state index in [-0.39, 0.29) is 18.1 Å². The second kappa shape index (κ2) is 20.1. The Kier molecular flexibility index (Phi) is 10.4. The molecular weight excluding hydrogens is 1030 g/mol. The standard InChI is InChI=1S/C36H24BN3O.C36H26ClN3O/c1-23-19-20-26-27-21-33-29(22-34(27)41-36(26)38-23)37-28-15-8-9-16-30(28)39(24-11-4-2-5-12-24)31-17-10-18-32(35(31)37)40(33)25-13-6-3-7-14-25;1-25-20-22-30-31-24-29(21-23-34(31)41-36(30)38-25)40(28-16-9-4-10-17-28)33-19-11-18-32(35(33)37)39(26-12-5-2-6-13-26)27-14-7-3-8-15-27/h2-22H,1H3;2-24H,1H3/i2*1D3. The van der Waals surface area contributed by atoms with Crippen molar-refractivity contribution in [3.8, 4) is 0 Å². The van der Waals surface area contributed by atoms with E-state index in [9.17, 15) is 0 Å². The number of fused-ring (bicyclic) bond motifs is 10. The van der Waals surface area contributed by atoms with Crippen molar-refractivity contribution in [2.75, 3.05) is 19.6 Å². The third-order valence-corrected chi connectivity index (χ3v) is 15.8. The summed E-state index contributed by atoms with van der Waals surface area (Å²) in [7, 11) is 0. The fourth-order valence-corrected chi connectivity index (χ4v) is 12.3. The topological polar surface area (TPSA) is 65.0 Å². The molecule has 6 heterocycles. The van der Waals surface area contributed by atoms with E-state index in [0.717, 1.165) is 95.3 Å². The average molecular weight is 1080 g/mol. The number of aryl methyl sites for hydroxylation is 2. The molecule has 0 fully saturated rings. The van der Waals surface area contributed by atoms with Gasteiger partial charge in [-0.3, -0.25) is 0 Å². The van der Waals surface area contributed by atoms with Crippen LogP contribution in [-0.4, -0.2) is 16.7 Å². The van der Waals surface area contributed by atoms with Crippen LogP contribution < -0.4 is 36.0 Å². The zero-order valence-corrected chi connectivity index (χ0v) is 44.6. The van der Waals surface area contributed by atoms with Crippen molar-refractivity contribution in [3.05, 3.63) is 283 Å². The van der Waals surface area contributed by atoms with Gasteiger partial charge in [0.2, 0.25) is 11.4 Å². The highest BCUT2D eigenvalue weighted by Gasteiger charge is 2.43. The van der Waals surface area contributed by atoms with Crippen molar-refractivity contribution < 1.29 is 17.1 Å². The van der Waals surface area contributed by atoms with Crippen molar-refractivity contribution in [2.45, 2.75) is 13.7 Å². The van der Waals surface area contributed by atoms with Gasteiger partial charge in [0.05, 0.1) is 16.4 Å². The summed E-state index contributed by atoms with van der Waals surface area (Å²) in [5.74, 6) is 0. The minimum absolute atomic E-state index is 0.000162. The van der Waals surface area contributed by atoms with Crippen LogP contribution in [0.5, 0.6) is 0 Å². The summed E-state index contributed by atoms with van der Waals surface area (Å²) in [6.07, 6.45) is 0. The monoisotopic (exact) mass is 1080 g/mol. The summed E-state index contributed by atoms with van der Waals surface area (Å²) in [4.78, 5) is 17.7. The van der Waals surface area contributed by atoms with Gasteiger partial charge in [-0.05, 0) is 176 Å². The third kappa shape index (κ3) is 8.24. The van der Waals surface area contributed by atoms with Crippen LogP contribution in [-0.2, 0) is 0 Å². The summed E-state index contributed by atoms with van der Waals surface area (Å²) < 4.78 is 59.1. The van der Waals surface area contributed by atoms with Gasteiger partial charge in [0.25, 0.3) is 6.71 Å². The van der Waals surface area contributed by atoms with Crippen molar-refractivity contribution in [1.82, 2.24) is 9.97 Å². The number of pyridine rings is 2. The summed E-state index contributed by atoms with van der Waals surface area (Å²) in [6.45, 7) is -4.68. The molecule has 10 aromatic carbocycles. The quantitative estimate of drug-likeness (QED) is 0.140. The third-order valence-electron chi connectivity index (χ3n) is 15.4. The van der Waals surface area contributed by atoms with Crippen LogP contribution >= 0.6 is 11.6 Å². The van der Waals surface area contributed by atoms with Gasteiger partial charge in [0.1, 0.15) is 11.2 Å². The fraction of sp³-hybridized carbons (Fsp3) is 0.0278. The van der Waals surface area contributed by atoms with Gasteiger partial charge in [-0.15, -0.1) is 0 Å². The Labute approximate surface area is 488 Å². The molecule has 2 aliphatic rings. The van der Waals surface area contributed by atoms with E-state index >= 15 is 0 Å². The molecule has 14 aromatic rings. The Balaban J connectivity index is 0.000000148. The molecule has 10 heteroatoms. The number of benzene rings is 10. The number of anilines is 12. The van der Waals surface area contributed by atoms with Gasteiger partial charge < -0.3 is 28.4 Å². The van der Waals surface area contributed by atoms with Crippen molar-refractivity contribution >= 4 is 147 Å². The molecule has 8 nitrogen and oxygen atoms in total. The predicted molar refractivity (Wildman–Crippen MR) is 341 cm³/mol. The molecule has 0 aliphatic carbocycles. The normalized spacial score (nSPS) is 13.6. The zero-order chi connectivity index (χ0) is 59.8. The molecule has 16 rings (SSSR count). The summed E-state index contributed by atoms with van der Waals surface area (Å²) in [5, 5.41) is 3.83. The molecule has 0 unspecified atom stereocenters. The maximum atomic E-state index is 7.86. The molecule has 0 saturated carbocycles. The largest absolute Gasteiger partial charge is 0.438 e. The van der Waals surface area contributed by atoms with E-state index in [2.05, 4.69) is 157 Å². The number of hydrogen-bond acceptors (Lipinski definition) is 8. The van der Waals surface area contributed by atoms with Gasteiger partial charge in [-0.2, -0.15) is 0 Å². The van der Waals surface area contributed by atoms with E-state index in [0.29, 0.717) is 27.6 Å². The van der Waals surface area contributed by atoms with Gasteiger partial charge in [0, 0.05) is 98.0 Å². The molecule has 0 N–H and O–H groups in total. The lowest BCUT2D eigenvalue weighted by Crippen LogP contribution is -2.61. The lowest BCUT2D eigenvalue weighted by atomic mass is 9.33. The Hall–Kier alpha value is -10.3. The van der Waals surface area contributed by atoms with Crippen LogP contribution in [0.4, 0.5) is 68.2 Å². The van der Waals surface area contributed by atoms with Gasteiger partial charge in [0.15, 0.2) is 0 Å². The summed E-state index contributed by atoms with van der Waals surface area (Å²) in [5.41, 5.74) is 17.5. The molecule has 0 atom stereocenters. The average Bonchev–Trinajstić information content (AvgIpc) is 1.03. The molecule has 4 aromatic heterocycles. The number of hydrogen-bond donors (Lipinski definition) is 0. The SMILES string of the molecule is [2H]C([2H])([2H])c1ccc2c(n1)oc1cc3c(cc12)N(c1ccccc1)c1cccc2c1B3c1ccccc1N2c1ccccc1.[2H]C([2H])([2H])c1ccc2c(n1)oc1ccc(N(c3ccccc3)c3cccc(N(c4ccccc4)c4ccccc4)c3Cl)cc12. The number of aromatic nitrogens is 2. The van der Waals surface area contributed by atoms with Gasteiger partial charge in [-0.1, -0.05) is 133 Å². The van der Waals surface area contributed by atoms with Crippen LogP contribution in [0, 0.1) is 13.7 Å². The highest BCUT2D eigenvalue weighted by molar-refractivity contribution is 7.00. The second-order valence-corrected chi connectivity index (χ2v) is 20.6. The van der Waals surface area contributed by atoms with Crippen molar-refractivity contribution in [2.24, 2.45) is 0 Å². The van der Waals surface area contributed by atoms with Crippen LogP contribution in [0.25, 0.3) is 44.1 Å². The molecule has 0 bridgehead atoms. The minimum atomic E-state index is -2.32. The number of halogens is 1. The van der Waals surface area contributed by atoms with Gasteiger partial charge >= 0.3 is 0 Å². The molecule has 0 radical (unpaired) electrons. The first-order chi connectivity index (χ1) is 42.9. The highest BCUT2D eigenvalue weighted by atomic mass is 35.5. The maximum Gasteiger partial charge on any atom is 0.252 e. The van der Waals surface area contributed by atoms with Crippen LogP contribution in [0.1, 0.15) is 19.6 Å². The zero-order valence-electron chi connectivity index (χ0n) is 49.9. The number of furan rings is 2. The number of para-hydroxylation sites is 6. The minimum Gasteiger partial charge on any atom is -0.438 e. The molecular formula is C72H50BClN6O2. The summed E-state index contributed by atoms with van der Waals surface area (Å²) >= 11 is 7.39. The van der Waals surface area contributed by atoms with Gasteiger partial charge in [-0.25, -0.2) is 9.97 Å². The van der Waals surface area contributed by atoms with E-state index in [1.807, 2.05) is 121 Å². The van der Waals surface area contributed by atoms with Crippen molar-refractivity contribution in [1.29, 1.82) is 0 Å². The smallest absolute Gasteiger partial charge is 0.252 e. The first-order valence-corrected chi connectivity index (χ1v) is 27.4. The van der Waals surface area contributed by atoms with E-state index < -0.39 is 13.7 Å². The molecule has 0 spiro atoms. The first kappa shape index (κ1) is 42.6. The Morgan fingerprint density at radius 3 is 1.41 bits per heavy atom. The lowest BCUT2D eigenvalue weighted by Gasteiger charge is -2.44. The Bertz CT molecular complexity index is 4920. The van der Waals surface area contributed by atoms with Crippen LogP contribution in [0.3, 0.4) is 0 Å². The second-order valence-electron chi connectivity index (χ2n) is 20.2. The first-order valence-electron chi connectivity index (χ1n) is 30.0. The van der Waals surface area contributed by atoms with Crippen LogP contribution in [0.15, 0.2) is 276 Å². The van der Waals surface area contributed by atoms with E-state index in [1.165, 1.54) is 17.0 Å². The summed E-state index contributed by atoms with van der Waals surface area (Å²) in [6, 6.07) is 89.4. The molecule has 0 saturated heterocycles. The molecule has 0 amide bonds. The van der Waals surface area contributed by atoms with E-state index in [1.54, 1.807) is 12.1 Å². The maximum absolute atomic E-state index is 7.86. The highest BCUT2D eigenvalue weighted by Crippen LogP contribution is 2.49. The lowest BCUT2D eigenvalue weighted by molar-refractivity contribution is 0.652. The van der Waals surface area contributed by atoms with E-state index in [4.69, 9.17) is 28.7 Å². The fourth-order valence-electron chi connectivity index (χ4n) is 12.0. The molecule has 82 heavy (non-hydrogen) atoms. The van der Waals surface area contributed by atoms with Crippen molar-refractivity contribution in [3.63, 3.8) is 0 Å². The van der Waals surface area contributed by atoms with Crippen LogP contribution in [0.2, 0.25) is 5.02 Å². The number of nitrogens with zero attached hydrogens (tertiary/aromatic N) is 6. The Morgan fingerprint density at radius 1 is 0.390 bits per heavy atom. The molecule has 390 valence electrons. The Morgan fingerprint density at radius 2 is 0.854 bits per heavy atom. The predicted octanol–water partition coefficient (Wildman–Crippen LogP) is 18.3. The molecule has 2 aliphatic heterocycles. The number of rotatable bonds is 8.